The van der Waals surface area contributed by atoms with Crippen molar-refractivity contribution in [2.75, 3.05) is 18.8 Å². The minimum Gasteiger partial charge on any atom is -0.383 e. The largest absolute Gasteiger partial charge is 0.383 e. The fourth-order valence-corrected chi connectivity index (χ4v) is 2.03. The molecule has 1 aromatic rings. The van der Waals surface area contributed by atoms with Crippen molar-refractivity contribution in [1.29, 1.82) is 0 Å². The molecule has 96 valence electrons. The summed E-state index contributed by atoms with van der Waals surface area (Å²) in [6.45, 7) is 3.37. The van der Waals surface area contributed by atoms with Gasteiger partial charge in [-0.1, -0.05) is 6.92 Å². The first-order valence-electron chi connectivity index (χ1n) is 5.68. The van der Waals surface area contributed by atoms with Gasteiger partial charge in [0.2, 0.25) is 0 Å². The molecule has 18 heavy (non-hydrogen) atoms. The predicted octanol–water partition coefficient (Wildman–Crippen LogP) is 1.05. The summed E-state index contributed by atoms with van der Waals surface area (Å²) < 4.78 is 0. The average molecular weight is 250 g/mol. The first kappa shape index (κ1) is 12.3. The third-order valence-corrected chi connectivity index (χ3v) is 3.06. The maximum absolute atomic E-state index is 12.2. The van der Waals surface area contributed by atoms with Crippen LogP contribution >= 0.6 is 0 Å². The molecule has 7 nitrogen and oxygen atoms in total. The molecule has 1 fully saturated rings. The summed E-state index contributed by atoms with van der Waals surface area (Å²) in [6, 6.07) is 1.19. The Morgan fingerprint density at radius 3 is 2.94 bits per heavy atom. The molecule has 1 amide bonds. The molecule has 0 spiro atoms. The summed E-state index contributed by atoms with van der Waals surface area (Å²) in [4.78, 5) is 27.6. The van der Waals surface area contributed by atoms with Gasteiger partial charge in [-0.2, -0.15) is 0 Å². The molecule has 2 heterocycles. The van der Waals surface area contributed by atoms with Gasteiger partial charge in [0.25, 0.3) is 11.6 Å². The number of likely N-dealkylation sites (tertiary alicyclic amines) is 1. The van der Waals surface area contributed by atoms with E-state index in [2.05, 4.69) is 11.9 Å². The van der Waals surface area contributed by atoms with Crippen LogP contribution in [0.5, 0.6) is 0 Å². The number of anilines is 1. The van der Waals surface area contributed by atoms with E-state index in [1.54, 1.807) is 4.90 Å². The van der Waals surface area contributed by atoms with Gasteiger partial charge in [-0.3, -0.25) is 14.9 Å². The molecule has 0 aliphatic carbocycles. The topological polar surface area (TPSA) is 102 Å². The van der Waals surface area contributed by atoms with E-state index in [0.717, 1.165) is 12.6 Å². The van der Waals surface area contributed by atoms with Gasteiger partial charge in [-0.05, 0) is 12.3 Å². The van der Waals surface area contributed by atoms with Crippen molar-refractivity contribution >= 4 is 17.4 Å². The van der Waals surface area contributed by atoms with Crippen molar-refractivity contribution in [2.45, 2.75) is 13.3 Å². The average Bonchev–Trinajstić information content (AvgIpc) is 2.75. The Morgan fingerprint density at radius 2 is 2.39 bits per heavy atom. The summed E-state index contributed by atoms with van der Waals surface area (Å²) in [6.07, 6.45) is 1.99. The third-order valence-electron chi connectivity index (χ3n) is 3.06. The van der Waals surface area contributed by atoms with Gasteiger partial charge in [0.15, 0.2) is 0 Å². The molecule has 0 radical (unpaired) electrons. The second-order valence-corrected chi connectivity index (χ2v) is 4.53. The molecule has 1 saturated heterocycles. The lowest BCUT2D eigenvalue weighted by atomic mass is 10.2. The highest BCUT2D eigenvalue weighted by atomic mass is 16.6. The molecule has 0 saturated carbocycles. The smallest absolute Gasteiger partial charge is 0.288 e. The minimum atomic E-state index is -0.587. The lowest BCUT2D eigenvalue weighted by molar-refractivity contribution is -0.385. The van der Waals surface area contributed by atoms with Gasteiger partial charge >= 0.3 is 0 Å². The maximum atomic E-state index is 12.2. The van der Waals surface area contributed by atoms with E-state index in [1.807, 2.05) is 0 Å². The van der Waals surface area contributed by atoms with Crippen LogP contribution in [0, 0.1) is 16.0 Å². The van der Waals surface area contributed by atoms with Crippen LogP contribution in [0.4, 0.5) is 11.5 Å². The Kier molecular flexibility index (Phi) is 3.14. The van der Waals surface area contributed by atoms with Crippen molar-refractivity contribution in [3.63, 3.8) is 0 Å². The highest BCUT2D eigenvalue weighted by molar-refractivity contribution is 5.99. The number of carbonyl (C=O) groups is 1. The van der Waals surface area contributed by atoms with Crippen molar-refractivity contribution in [1.82, 2.24) is 9.88 Å². The van der Waals surface area contributed by atoms with Crippen LogP contribution in [0.25, 0.3) is 0 Å². The Hall–Kier alpha value is -2.18. The minimum absolute atomic E-state index is 0.0325. The van der Waals surface area contributed by atoms with Crippen LogP contribution in [-0.2, 0) is 0 Å². The zero-order valence-electron chi connectivity index (χ0n) is 10.00. The lowest BCUT2D eigenvalue weighted by Gasteiger charge is -2.16. The molecule has 2 rings (SSSR count). The van der Waals surface area contributed by atoms with Crippen LogP contribution in [0.15, 0.2) is 12.3 Å². The first-order valence-corrected chi connectivity index (χ1v) is 5.68. The number of hydrogen-bond donors (Lipinski definition) is 1. The fraction of sp³-hybridized carbons (Fsp3) is 0.455. The first-order chi connectivity index (χ1) is 8.49. The molecule has 0 bridgehead atoms. The second-order valence-electron chi connectivity index (χ2n) is 4.53. The number of amides is 1. The lowest BCUT2D eigenvalue weighted by Crippen LogP contribution is -2.29. The van der Waals surface area contributed by atoms with Crippen molar-refractivity contribution in [2.24, 2.45) is 5.92 Å². The SMILES string of the molecule is CC1CCN(C(=O)c2cc([N+](=O)[O-])cnc2N)C1. The number of pyridine rings is 1. The van der Waals surface area contributed by atoms with Gasteiger partial charge in [-0.25, -0.2) is 4.98 Å². The normalized spacial score (nSPS) is 18.9. The summed E-state index contributed by atoms with van der Waals surface area (Å²) >= 11 is 0. The van der Waals surface area contributed by atoms with Gasteiger partial charge in [0, 0.05) is 19.2 Å². The van der Waals surface area contributed by atoms with Crippen molar-refractivity contribution in [3.05, 3.63) is 27.9 Å². The maximum Gasteiger partial charge on any atom is 0.288 e. The van der Waals surface area contributed by atoms with Crippen molar-refractivity contribution < 1.29 is 9.72 Å². The van der Waals surface area contributed by atoms with Crippen LogP contribution in [0.3, 0.4) is 0 Å². The predicted molar refractivity (Wildman–Crippen MR) is 65.0 cm³/mol. The molecule has 1 aliphatic heterocycles. The molecule has 1 aliphatic rings. The molecule has 7 heteroatoms. The molecule has 0 aromatic carbocycles. The van der Waals surface area contributed by atoms with Gasteiger partial charge in [0.05, 0.1) is 10.5 Å². The summed E-state index contributed by atoms with van der Waals surface area (Å²) in [7, 11) is 0. The summed E-state index contributed by atoms with van der Waals surface area (Å²) in [5.41, 5.74) is 5.50. The van der Waals surface area contributed by atoms with Gasteiger partial charge < -0.3 is 10.6 Å². The van der Waals surface area contributed by atoms with Crippen LogP contribution in [-0.4, -0.2) is 33.8 Å². The Morgan fingerprint density at radius 1 is 1.67 bits per heavy atom. The van der Waals surface area contributed by atoms with E-state index in [9.17, 15) is 14.9 Å². The van der Waals surface area contributed by atoms with Crippen LogP contribution < -0.4 is 5.73 Å². The molecule has 2 N–H and O–H groups in total. The quantitative estimate of drug-likeness (QED) is 0.624. The van der Waals surface area contributed by atoms with E-state index in [4.69, 9.17) is 5.73 Å². The number of nitrogen functional groups attached to an aromatic ring is 1. The Bertz CT molecular complexity index is 503. The van der Waals surface area contributed by atoms with E-state index >= 15 is 0 Å². The molecule has 1 unspecified atom stereocenters. The number of nitro groups is 1. The fourth-order valence-electron chi connectivity index (χ4n) is 2.03. The monoisotopic (exact) mass is 250 g/mol. The summed E-state index contributed by atoms with van der Waals surface area (Å²) in [5.74, 6) is 0.194. The number of hydrogen-bond acceptors (Lipinski definition) is 5. The number of aromatic nitrogens is 1. The van der Waals surface area contributed by atoms with Gasteiger partial charge in [0.1, 0.15) is 12.0 Å². The Labute approximate surface area is 104 Å². The molecular formula is C11H14N4O3. The van der Waals surface area contributed by atoms with E-state index < -0.39 is 4.92 Å². The van der Waals surface area contributed by atoms with E-state index in [1.165, 1.54) is 6.07 Å². The van der Waals surface area contributed by atoms with Crippen LogP contribution in [0.1, 0.15) is 23.7 Å². The Balaban J connectivity index is 2.29. The standard InChI is InChI=1S/C11H14N4O3/c1-7-2-3-14(6-7)11(16)9-4-8(15(17)18)5-13-10(9)12/h4-5,7H,2-3,6H2,1H3,(H2,12,13). The number of nitrogens with two attached hydrogens (primary N) is 1. The highest BCUT2D eigenvalue weighted by Gasteiger charge is 2.27. The zero-order chi connectivity index (χ0) is 13.3. The van der Waals surface area contributed by atoms with Crippen LogP contribution in [0.2, 0.25) is 0 Å². The summed E-state index contributed by atoms with van der Waals surface area (Å²) in [5, 5.41) is 10.7. The molecular weight excluding hydrogens is 236 g/mol. The number of rotatable bonds is 2. The number of carbonyl (C=O) groups excluding carboxylic acids is 1. The zero-order valence-corrected chi connectivity index (χ0v) is 10.00. The van der Waals surface area contributed by atoms with Crippen molar-refractivity contribution in [3.8, 4) is 0 Å². The second kappa shape index (κ2) is 4.59. The highest BCUT2D eigenvalue weighted by Crippen LogP contribution is 2.22. The third kappa shape index (κ3) is 2.24. The molecule has 1 aromatic heterocycles. The van der Waals surface area contributed by atoms with E-state index in [0.29, 0.717) is 19.0 Å². The molecule has 1 atom stereocenters. The van der Waals surface area contributed by atoms with E-state index in [-0.39, 0.29) is 23.0 Å². The number of nitrogens with zero attached hydrogens (tertiary/aromatic N) is 3. The van der Waals surface area contributed by atoms with Gasteiger partial charge in [-0.15, -0.1) is 0 Å².